The molecule has 0 aromatic heterocycles. The van der Waals surface area contributed by atoms with Crippen LogP contribution >= 0.6 is 0 Å². The standard InChI is InChI=1S/C14H17NO4.C9H13N/c1-14(2,8-12(17)19-3)13(18)10-5-4-6-11(7-10)15-9-16;1-8-5-3-4-6-9(7-8)10-2/h4-7,9H,8H2,1-3H3,(H,15,16);3-8,10H,1-2H3. The first-order valence-corrected chi connectivity index (χ1v) is 9.39. The lowest BCUT2D eigenvalue weighted by Gasteiger charge is -2.21. The molecule has 0 saturated heterocycles. The Morgan fingerprint density at radius 2 is 1.97 bits per heavy atom. The lowest BCUT2D eigenvalue weighted by molar-refractivity contribution is -0.142. The molecule has 1 aromatic carbocycles. The van der Waals surface area contributed by atoms with Crippen LogP contribution < -0.4 is 10.6 Å². The smallest absolute Gasteiger partial charge is 0.306 e. The normalized spacial score (nSPS) is 15.2. The van der Waals surface area contributed by atoms with Crippen molar-refractivity contribution in [3.05, 3.63) is 65.9 Å². The number of nitrogens with one attached hydrogen (secondary N) is 2. The van der Waals surface area contributed by atoms with Gasteiger partial charge >= 0.3 is 5.97 Å². The van der Waals surface area contributed by atoms with Crippen LogP contribution in [0.4, 0.5) is 5.69 Å². The Labute approximate surface area is 172 Å². The summed E-state index contributed by atoms with van der Waals surface area (Å²) < 4.78 is 4.58. The highest BCUT2D eigenvalue weighted by molar-refractivity contribution is 6.02. The van der Waals surface area contributed by atoms with E-state index < -0.39 is 11.4 Å². The minimum Gasteiger partial charge on any atom is -0.469 e. The van der Waals surface area contributed by atoms with Gasteiger partial charge in [-0.3, -0.25) is 14.4 Å². The second-order valence-electron chi connectivity index (χ2n) is 7.28. The van der Waals surface area contributed by atoms with Gasteiger partial charge < -0.3 is 15.4 Å². The molecule has 29 heavy (non-hydrogen) atoms. The van der Waals surface area contributed by atoms with Gasteiger partial charge in [-0.15, -0.1) is 0 Å². The Morgan fingerprint density at radius 3 is 2.59 bits per heavy atom. The van der Waals surface area contributed by atoms with Gasteiger partial charge in [0.15, 0.2) is 5.78 Å². The molecule has 0 spiro atoms. The lowest BCUT2D eigenvalue weighted by atomic mass is 9.81. The summed E-state index contributed by atoms with van der Waals surface area (Å²) in [6.07, 6.45) is 11.1. The van der Waals surface area contributed by atoms with E-state index in [0.717, 1.165) is 0 Å². The van der Waals surface area contributed by atoms with Gasteiger partial charge in [-0.2, -0.15) is 0 Å². The highest BCUT2D eigenvalue weighted by atomic mass is 16.5. The monoisotopic (exact) mass is 398 g/mol. The minimum absolute atomic E-state index is 0.00761. The van der Waals surface area contributed by atoms with E-state index in [1.165, 1.54) is 12.8 Å². The molecule has 1 aromatic rings. The Hall–Kier alpha value is -3.15. The average Bonchev–Trinajstić information content (AvgIpc) is 2.92. The van der Waals surface area contributed by atoms with Gasteiger partial charge in [0.05, 0.1) is 13.5 Å². The van der Waals surface area contributed by atoms with Crippen molar-refractivity contribution >= 4 is 23.9 Å². The van der Waals surface area contributed by atoms with Crippen molar-refractivity contribution in [3.63, 3.8) is 0 Å². The SMILES string of the molecule is CNC1=CC(C)C=CC=C1.COC(=O)CC(C)(C)C(=O)c1cccc(NC=O)c1. The molecule has 1 aliphatic carbocycles. The number of Topliss-reactive ketones (excluding diaryl/α,β-unsaturated/α-hetero) is 1. The molecule has 6 heteroatoms. The van der Waals surface area contributed by atoms with Crippen molar-refractivity contribution in [1.82, 2.24) is 5.32 Å². The number of carbonyl (C=O) groups is 3. The molecule has 6 nitrogen and oxygen atoms in total. The predicted molar refractivity (Wildman–Crippen MR) is 115 cm³/mol. The van der Waals surface area contributed by atoms with Crippen LogP contribution in [0.25, 0.3) is 0 Å². The molecule has 156 valence electrons. The molecule has 0 radical (unpaired) electrons. The third-order valence-corrected chi connectivity index (χ3v) is 4.31. The van der Waals surface area contributed by atoms with E-state index in [0.29, 0.717) is 23.6 Å². The van der Waals surface area contributed by atoms with Crippen LogP contribution in [0.2, 0.25) is 0 Å². The van der Waals surface area contributed by atoms with Gasteiger partial charge in [0.25, 0.3) is 0 Å². The fourth-order valence-electron chi connectivity index (χ4n) is 2.68. The van der Waals surface area contributed by atoms with Crippen molar-refractivity contribution in [3.8, 4) is 0 Å². The first kappa shape index (κ1) is 23.9. The number of methoxy groups -OCH3 is 1. The molecule has 1 atom stereocenters. The number of rotatable bonds is 7. The maximum atomic E-state index is 12.4. The van der Waals surface area contributed by atoms with Gasteiger partial charge in [-0.25, -0.2) is 0 Å². The maximum Gasteiger partial charge on any atom is 0.306 e. The van der Waals surface area contributed by atoms with E-state index in [2.05, 4.69) is 46.6 Å². The van der Waals surface area contributed by atoms with E-state index >= 15 is 0 Å². The zero-order valence-electron chi connectivity index (χ0n) is 17.7. The summed E-state index contributed by atoms with van der Waals surface area (Å²) in [5.41, 5.74) is 1.32. The lowest BCUT2D eigenvalue weighted by Crippen LogP contribution is -2.28. The number of anilines is 1. The van der Waals surface area contributed by atoms with Crippen LogP contribution in [-0.2, 0) is 14.3 Å². The topological polar surface area (TPSA) is 84.5 Å². The number of carbonyl (C=O) groups excluding carboxylic acids is 3. The Kier molecular flexibility index (Phi) is 9.59. The predicted octanol–water partition coefficient (Wildman–Crippen LogP) is 3.88. The van der Waals surface area contributed by atoms with Crippen LogP contribution in [-0.4, -0.2) is 32.3 Å². The first-order chi connectivity index (χ1) is 13.7. The Balaban J connectivity index is 0.000000352. The highest BCUT2D eigenvalue weighted by Crippen LogP contribution is 2.27. The molecule has 0 heterocycles. The van der Waals surface area contributed by atoms with E-state index in [9.17, 15) is 14.4 Å². The highest BCUT2D eigenvalue weighted by Gasteiger charge is 2.31. The van der Waals surface area contributed by atoms with Crippen LogP contribution in [0.5, 0.6) is 0 Å². The van der Waals surface area contributed by atoms with Gasteiger partial charge in [0.1, 0.15) is 0 Å². The van der Waals surface area contributed by atoms with E-state index in [1.807, 2.05) is 13.1 Å². The number of esters is 1. The number of hydrogen-bond acceptors (Lipinski definition) is 5. The number of ketones is 1. The van der Waals surface area contributed by atoms with Crippen molar-refractivity contribution in [2.24, 2.45) is 11.3 Å². The summed E-state index contributed by atoms with van der Waals surface area (Å²) in [5.74, 6) is -0.0644. The number of benzene rings is 1. The molecule has 1 aliphatic rings. The largest absolute Gasteiger partial charge is 0.469 e. The fraction of sp³-hybridized carbons (Fsp3) is 0.348. The Morgan fingerprint density at radius 1 is 1.24 bits per heavy atom. The van der Waals surface area contributed by atoms with Gasteiger partial charge in [0, 0.05) is 29.4 Å². The molecule has 0 aliphatic heterocycles. The number of likely N-dealkylation sites (N-methyl/N-ethyl adjacent to an activating group) is 1. The average molecular weight is 399 g/mol. The summed E-state index contributed by atoms with van der Waals surface area (Å²) in [6.45, 7) is 5.54. The minimum atomic E-state index is -0.854. The third kappa shape index (κ3) is 8.17. The van der Waals surface area contributed by atoms with Crippen molar-refractivity contribution < 1.29 is 19.1 Å². The quantitative estimate of drug-likeness (QED) is 0.414. The molecular formula is C23H30N2O4. The van der Waals surface area contributed by atoms with E-state index in [4.69, 9.17) is 0 Å². The van der Waals surface area contributed by atoms with Crippen molar-refractivity contribution in [1.29, 1.82) is 0 Å². The molecular weight excluding hydrogens is 368 g/mol. The van der Waals surface area contributed by atoms with Crippen LogP contribution in [0.3, 0.4) is 0 Å². The molecule has 1 amide bonds. The maximum absolute atomic E-state index is 12.4. The van der Waals surface area contributed by atoms with Crippen molar-refractivity contribution in [2.75, 3.05) is 19.5 Å². The van der Waals surface area contributed by atoms with E-state index in [1.54, 1.807) is 38.1 Å². The van der Waals surface area contributed by atoms with Crippen LogP contribution in [0.1, 0.15) is 37.6 Å². The zero-order valence-corrected chi connectivity index (χ0v) is 17.7. The third-order valence-electron chi connectivity index (χ3n) is 4.31. The van der Waals surface area contributed by atoms with Gasteiger partial charge in [-0.05, 0) is 24.1 Å². The summed E-state index contributed by atoms with van der Waals surface area (Å²) in [5, 5.41) is 5.59. The second-order valence-corrected chi connectivity index (χ2v) is 7.28. The Bertz CT molecular complexity index is 807. The summed E-state index contributed by atoms with van der Waals surface area (Å²) >= 11 is 0. The van der Waals surface area contributed by atoms with Crippen molar-refractivity contribution in [2.45, 2.75) is 27.2 Å². The zero-order chi connectivity index (χ0) is 21.9. The second kappa shape index (κ2) is 11.6. The number of amides is 1. The molecule has 0 bridgehead atoms. The molecule has 2 rings (SSSR count). The molecule has 0 fully saturated rings. The molecule has 2 N–H and O–H groups in total. The number of allylic oxidation sites excluding steroid dienone is 5. The molecule has 1 unspecified atom stereocenters. The molecule has 0 saturated carbocycles. The summed E-state index contributed by atoms with van der Waals surface area (Å²) in [7, 11) is 3.23. The van der Waals surface area contributed by atoms with Gasteiger partial charge in [-0.1, -0.05) is 57.2 Å². The van der Waals surface area contributed by atoms with Gasteiger partial charge in [0.2, 0.25) is 6.41 Å². The fourth-order valence-corrected chi connectivity index (χ4v) is 2.68. The first-order valence-electron chi connectivity index (χ1n) is 9.39. The summed E-state index contributed by atoms with van der Waals surface area (Å²) in [4.78, 5) is 34.0. The van der Waals surface area contributed by atoms with Crippen LogP contribution in [0.15, 0.2) is 60.3 Å². The number of hydrogen-bond donors (Lipinski definition) is 2. The summed E-state index contributed by atoms with van der Waals surface area (Å²) in [6, 6.07) is 6.58. The van der Waals surface area contributed by atoms with Crippen LogP contribution in [0, 0.1) is 11.3 Å². The van der Waals surface area contributed by atoms with E-state index in [-0.39, 0.29) is 12.2 Å². The number of ether oxygens (including phenoxy) is 1.